The van der Waals surface area contributed by atoms with E-state index in [9.17, 15) is 0 Å². The Morgan fingerprint density at radius 1 is 0.781 bits per heavy atom. The monoisotopic (exact) mass is 461 g/mol. The van der Waals surface area contributed by atoms with Gasteiger partial charge in [0.05, 0.1) is 12.4 Å². The quantitative estimate of drug-likeness (QED) is 0.193. The second-order valence-electron chi connectivity index (χ2n) is 7.54. The molecule has 32 heavy (non-hydrogen) atoms. The average Bonchev–Trinajstić information content (AvgIpc) is 3.23. The Labute approximate surface area is 198 Å². The van der Waals surface area contributed by atoms with Crippen LogP contribution < -0.4 is 4.74 Å². The molecule has 0 unspecified atom stereocenters. The summed E-state index contributed by atoms with van der Waals surface area (Å²) in [6, 6.07) is 27.1. The predicted octanol–water partition coefficient (Wildman–Crippen LogP) is 6.74. The van der Waals surface area contributed by atoms with Crippen molar-refractivity contribution in [1.82, 2.24) is 14.8 Å². The van der Waals surface area contributed by atoms with E-state index in [-0.39, 0.29) is 0 Å². The molecule has 0 saturated carbocycles. The number of aryl methyl sites for hydroxylation is 2. The van der Waals surface area contributed by atoms with Gasteiger partial charge in [-0.15, -0.1) is 22.0 Å². The molecule has 1 heterocycles. The van der Waals surface area contributed by atoms with Gasteiger partial charge < -0.3 is 4.74 Å². The van der Waals surface area contributed by atoms with E-state index in [4.69, 9.17) is 4.74 Å². The first-order valence-corrected chi connectivity index (χ1v) is 12.7. The third-order valence-corrected chi connectivity index (χ3v) is 6.94. The van der Waals surface area contributed by atoms with Crippen LogP contribution in [0.15, 0.2) is 88.9 Å². The van der Waals surface area contributed by atoms with Crippen LogP contribution >= 0.6 is 23.5 Å². The van der Waals surface area contributed by atoms with Gasteiger partial charge in [-0.1, -0.05) is 65.4 Å². The van der Waals surface area contributed by atoms with E-state index >= 15 is 0 Å². The van der Waals surface area contributed by atoms with Crippen molar-refractivity contribution < 1.29 is 4.74 Å². The normalized spacial score (nSPS) is 10.9. The van der Waals surface area contributed by atoms with Crippen molar-refractivity contribution in [2.24, 2.45) is 0 Å². The molecule has 0 aliphatic carbocycles. The van der Waals surface area contributed by atoms with Crippen LogP contribution in [-0.2, 0) is 5.75 Å². The van der Waals surface area contributed by atoms with Crippen molar-refractivity contribution in [3.05, 3.63) is 95.8 Å². The van der Waals surface area contributed by atoms with E-state index in [0.717, 1.165) is 40.3 Å². The van der Waals surface area contributed by atoms with Crippen molar-refractivity contribution >= 4 is 23.5 Å². The topological polar surface area (TPSA) is 39.9 Å². The average molecular weight is 462 g/mol. The number of thioether (sulfide) groups is 2. The molecule has 4 rings (SSSR count). The molecule has 0 aliphatic rings. The highest BCUT2D eigenvalue weighted by molar-refractivity contribution is 7.99. The molecule has 0 bridgehead atoms. The molecule has 0 aliphatic heterocycles. The number of rotatable bonds is 10. The van der Waals surface area contributed by atoms with Gasteiger partial charge in [0.2, 0.25) is 0 Å². The van der Waals surface area contributed by atoms with Gasteiger partial charge in [-0.05, 0) is 56.7 Å². The van der Waals surface area contributed by atoms with Gasteiger partial charge >= 0.3 is 0 Å². The van der Waals surface area contributed by atoms with Gasteiger partial charge in [0.15, 0.2) is 5.16 Å². The number of aromatic nitrogens is 3. The van der Waals surface area contributed by atoms with Gasteiger partial charge in [-0.3, -0.25) is 4.57 Å². The summed E-state index contributed by atoms with van der Waals surface area (Å²) in [5, 5.41) is 9.95. The van der Waals surface area contributed by atoms with Crippen LogP contribution in [0.4, 0.5) is 0 Å². The lowest BCUT2D eigenvalue weighted by Crippen LogP contribution is -2.03. The fraction of sp³-hybridized carbons (Fsp3) is 0.231. The molecule has 0 amide bonds. The number of nitrogens with zero attached hydrogens (tertiary/aromatic N) is 3. The van der Waals surface area contributed by atoms with Crippen LogP contribution in [0.25, 0.3) is 5.69 Å². The summed E-state index contributed by atoms with van der Waals surface area (Å²) in [7, 11) is 0. The predicted molar refractivity (Wildman–Crippen MR) is 134 cm³/mol. The smallest absolute Gasteiger partial charge is 0.195 e. The van der Waals surface area contributed by atoms with Gasteiger partial charge in [0.1, 0.15) is 11.6 Å². The molecule has 1 aromatic heterocycles. The second-order valence-corrected chi connectivity index (χ2v) is 9.65. The SMILES string of the molecule is Cc1ccc(OCCCSc2nnc(CSc3ccc(C)cc3)n2-c2ccccc2)cc1. The van der Waals surface area contributed by atoms with Crippen molar-refractivity contribution in [2.75, 3.05) is 12.4 Å². The van der Waals surface area contributed by atoms with E-state index in [0.29, 0.717) is 6.61 Å². The fourth-order valence-corrected chi connectivity index (χ4v) is 4.85. The maximum atomic E-state index is 5.86. The summed E-state index contributed by atoms with van der Waals surface area (Å²) in [5.41, 5.74) is 3.60. The van der Waals surface area contributed by atoms with Crippen molar-refractivity contribution in [1.29, 1.82) is 0 Å². The zero-order valence-electron chi connectivity index (χ0n) is 18.4. The summed E-state index contributed by atoms with van der Waals surface area (Å²) in [6.07, 6.45) is 0.938. The molecule has 0 saturated heterocycles. The summed E-state index contributed by atoms with van der Waals surface area (Å²) in [5.74, 6) is 3.56. The first-order valence-electron chi connectivity index (χ1n) is 10.7. The summed E-state index contributed by atoms with van der Waals surface area (Å²) in [6.45, 7) is 4.87. The highest BCUT2D eigenvalue weighted by Crippen LogP contribution is 2.27. The molecule has 4 nitrogen and oxygen atoms in total. The number of hydrogen-bond acceptors (Lipinski definition) is 5. The molecule has 164 valence electrons. The van der Waals surface area contributed by atoms with Crippen LogP contribution in [0, 0.1) is 13.8 Å². The van der Waals surface area contributed by atoms with Crippen LogP contribution in [0.1, 0.15) is 23.4 Å². The second kappa shape index (κ2) is 11.2. The number of para-hydroxylation sites is 1. The Morgan fingerprint density at radius 3 is 2.19 bits per heavy atom. The molecule has 0 N–H and O–H groups in total. The van der Waals surface area contributed by atoms with Crippen LogP contribution in [-0.4, -0.2) is 27.1 Å². The third kappa shape index (κ3) is 6.17. The Kier molecular flexibility index (Phi) is 7.91. The van der Waals surface area contributed by atoms with Crippen molar-refractivity contribution in [3.63, 3.8) is 0 Å². The highest BCUT2D eigenvalue weighted by atomic mass is 32.2. The van der Waals surface area contributed by atoms with Gasteiger partial charge in [0, 0.05) is 16.3 Å². The van der Waals surface area contributed by atoms with Crippen LogP contribution in [0.5, 0.6) is 5.75 Å². The highest BCUT2D eigenvalue weighted by Gasteiger charge is 2.14. The van der Waals surface area contributed by atoms with E-state index < -0.39 is 0 Å². The summed E-state index contributed by atoms with van der Waals surface area (Å²) < 4.78 is 8.03. The maximum absolute atomic E-state index is 5.86. The zero-order valence-corrected chi connectivity index (χ0v) is 20.0. The van der Waals surface area contributed by atoms with Crippen molar-refractivity contribution in [3.8, 4) is 11.4 Å². The Bertz CT molecular complexity index is 1110. The maximum Gasteiger partial charge on any atom is 0.195 e. The largest absolute Gasteiger partial charge is 0.494 e. The summed E-state index contributed by atoms with van der Waals surface area (Å²) >= 11 is 3.51. The van der Waals surface area contributed by atoms with E-state index in [2.05, 4.69) is 89.3 Å². The minimum absolute atomic E-state index is 0.686. The number of hydrogen-bond donors (Lipinski definition) is 0. The lowest BCUT2D eigenvalue weighted by molar-refractivity contribution is 0.318. The molecular weight excluding hydrogens is 434 g/mol. The lowest BCUT2D eigenvalue weighted by atomic mass is 10.2. The van der Waals surface area contributed by atoms with Crippen molar-refractivity contribution in [2.45, 2.75) is 36.1 Å². The molecule has 6 heteroatoms. The molecule has 4 aromatic rings. The minimum atomic E-state index is 0.686. The molecule has 0 radical (unpaired) electrons. The summed E-state index contributed by atoms with van der Waals surface area (Å²) in [4.78, 5) is 1.24. The molecule has 0 atom stereocenters. The number of benzene rings is 3. The minimum Gasteiger partial charge on any atom is -0.494 e. The Morgan fingerprint density at radius 2 is 1.47 bits per heavy atom. The molecule has 0 fully saturated rings. The van der Waals surface area contributed by atoms with Crippen LogP contribution in [0.2, 0.25) is 0 Å². The fourth-order valence-electron chi connectivity index (χ4n) is 3.15. The molecule has 0 spiro atoms. The molecule has 3 aromatic carbocycles. The van der Waals surface area contributed by atoms with Crippen LogP contribution in [0.3, 0.4) is 0 Å². The first-order chi connectivity index (χ1) is 15.7. The van der Waals surface area contributed by atoms with Gasteiger partial charge in [-0.2, -0.15) is 0 Å². The van der Waals surface area contributed by atoms with E-state index in [1.165, 1.54) is 16.0 Å². The van der Waals surface area contributed by atoms with E-state index in [1.54, 1.807) is 23.5 Å². The first kappa shape index (κ1) is 22.5. The number of ether oxygens (including phenoxy) is 1. The zero-order chi connectivity index (χ0) is 22.2. The third-order valence-electron chi connectivity index (χ3n) is 4.91. The van der Waals surface area contributed by atoms with Gasteiger partial charge in [0.25, 0.3) is 0 Å². The standard InChI is InChI=1S/C26H27N3OS2/c1-20-9-13-23(14-10-20)30-17-6-18-31-26-28-27-25(29(26)22-7-4-3-5-8-22)19-32-24-15-11-21(2)12-16-24/h3-5,7-16H,6,17-19H2,1-2H3. The van der Waals surface area contributed by atoms with E-state index in [1.807, 2.05) is 18.2 Å². The Hall–Kier alpha value is -2.70. The molecular formula is C26H27N3OS2. The lowest BCUT2D eigenvalue weighted by Gasteiger charge is -2.10. The van der Waals surface area contributed by atoms with Gasteiger partial charge in [-0.25, -0.2) is 0 Å². The Balaban J connectivity index is 1.38.